The van der Waals surface area contributed by atoms with Gasteiger partial charge in [0.25, 0.3) is 5.91 Å². The Morgan fingerprint density at radius 2 is 2.21 bits per heavy atom. The highest BCUT2D eigenvalue weighted by atomic mass is 19.1. The molecule has 0 atom stereocenters. The van der Waals surface area contributed by atoms with Gasteiger partial charge in [-0.25, -0.2) is 9.37 Å². The summed E-state index contributed by atoms with van der Waals surface area (Å²) in [4.78, 5) is 20.2. The van der Waals surface area contributed by atoms with Crippen LogP contribution in [-0.4, -0.2) is 20.4 Å². The van der Waals surface area contributed by atoms with E-state index >= 15 is 0 Å². The molecule has 3 aromatic rings. The van der Waals surface area contributed by atoms with Crippen molar-refractivity contribution >= 4 is 11.7 Å². The van der Waals surface area contributed by atoms with Crippen LogP contribution < -0.4 is 5.32 Å². The van der Waals surface area contributed by atoms with Gasteiger partial charge >= 0.3 is 0 Å². The monoisotopic (exact) mass is 321 g/mol. The Labute approximate surface area is 137 Å². The quantitative estimate of drug-likeness (QED) is 0.800. The minimum absolute atomic E-state index is 0.135. The van der Waals surface area contributed by atoms with Gasteiger partial charge in [0, 0.05) is 18.0 Å². The first-order valence-corrected chi connectivity index (χ1v) is 7.08. The molecule has 0 radical (unpaired) electrons. The number of amides is 1. The van der Waals surface area contributed by atoms with Crippen molar-refractivity contribution in [2.24, 2.45) is 0 Å². The van der Waals surface area contributed by atoms with Gasteiger partial charge in [-0.15, -0.1) is 0 Å². The van der Waals surface area contributed by atoms with E-state index in [0.717, 1.165) is 11.6 Å². The number of nitrogens with one attached hydrogen (secondary N) is 1. The average molecular weight is 321 g/mol. The van der Waals surface area contributed by atoms with Crippen molar-refractivity contribution in [2.45, 2.75) is 6.54 Å². The second-order valence-corrected chi connectivity index (χ2v) is 5.01. The summed E-state index contributed by atoms with van der Waals surface area (Å²) in [6.07, 6.45) is 4.81. The van der Waals surface area contributed by atoms with Crippen LogP contribution in [0, 0.1) is 17.1 Å². The molecule has 0 fully saturated rings. The van der Waals surface area contributed by atoms with Crippen molar-refractivity contribution in [3.05, 3.63) is 77.8 Å². The first-order chi connectivity index (χ1) is 11.7. The molecular weight excluding hydrogens is 309 g/mol. The Hall–Kier alpha value is -3.53. The number of hydrogen-bond donors (Lipinski definition) is 1. The number of aromatic nitrogens is 3. The number of rotatable bonds is 4. The van der Waals surface area contributed by atoms with E-state index in [-0.39, 0.29) is 17.1 Å². The third-order valence-electron chi connectivity index (χ3n) is 3.34. The molecule has 1 aromatic carbocycles. The molecule has 0 bridgehead atoms. The summed E-state index contributed by atoms with van der Waals surface area (Å²) in [5.41, 5.74) is 1.26. The van der Waals surface area contributed by atoms with Crippen LogP contribution in [0.2, 0.25) is 0 Å². The maximum absolute atomic E-state index is 13.2. The minimum atomic E-state index is -0.530. The highest BCUT2D eigenvalue weighted by Gasteiger charge is 2.15. The lowest BCUT2D eigenvalue weighted by Crippen LogP contribution is -2.14. The molecule has 0 saturated carbocycles. The van der Waals surface area contributed by atoms with E-state index in [1.54, 1.807) is 23.0 Å². The zero-order valence-electron chi connectivity index (χ0n) is 12.5. The zero-order valence-corrected chi connectivity index (χ0v) is 12.5. The van der Waals surface area contributed by atoms with E-state index in [1.807, 2.05) is 12.1 Å². The summed E-state index contributed by atoms with van der Waals surface area (Å²) in [7, 11) is 0. The predicted molar refractivity (Wildman–Crippen MR) is 84.6 cm³/mol. The number of benzene rings is 1. The summed E-state index contributed by atoms with van der Waals surface area (Å²) < 4.78 is 14.8. The van der Waals surface area contributed by atoms with Crippen LogP contribution in [-0.2, 0) is 6.54 Å². The molecule has 7 heteroatoms. The lowest BCUT2D eigenvalue weighted by Gasteiger charge is -2.05. The topological polar surface area (TPSA) is 83.6 Å². The second kappa shape index (κ2) is 6.71. The minimum Gasteiger partial charge on any atom is -0.316 e. The summed E-state index contributed by atoms with van der Waals surface area (Å²) >= 11 is 0. The Balaban J connectivity index is 1.82. The molecule has 1 N–H and O–H groups in total. The lowest BCUT2D eigenvalue weighted by molar-refractivity contribution is 0.102. The van der Waals surface area contributed by atoms with E-state index in [4.69, 9.17) is 0 Å². The maximum atomic E-state index is 13.2. The normalized spacial score (nSPS) is 10.2. The third kappa shape index (κ3) is 3.28. The van der Waals surface area contributed by atoms with E-state index < -0.39 is 11.7 Å². The number of halogens is 1. The number of anilines is 1. The highest BCUT2D eigenvalue weighted by molar-refractivity contribution is 6.04. The number of carbonyl (C=O) groups excluding carboxylic acids is 1. The number of nitrogens with zero attached hydrogens (tertiary/aromatic N) is 4. The molecule has 1 amide bonds. The second-order valence-electron chi connectivity index (χ2n) is 5.01. The molecule has 3 rings (SSSR count). The molecular formula is C17H12FN5O. The van der Waals surface area contributed by atoms with Crippen LogP contribution >= 0.6 is 0 Å². The fourth-order valence-corrected chi connectivity index (χ4v) is 2.21. The first kappa shape index (κ1) is 15.4. The van der Waals surface area contributed by atoms with Crippen LogP contribution in [0.5, 0.6) is 0 Å². The first-order valence-electron chi connectivity index (χ1n) is 7.08. The van der Waals surface area contributed by atoms with Gasteiger partial charge < -0.3 is 9.88 Å². The summed E-state index contributed by atoms with van der Waals surface area (Å²) in [5, 5.41) is 11.9. The van der Waals surface area contributed by atoms with Gasteiger partial charge in [-0.1, -0.05) is 12.1 Å². The number of imidazole rings is 1. The standard InChI is InChI=1S/C17H12FN5O/c18-14-5-1-4-13(7-14)17(24)22-16-15(8-19)23(11-21-16)10-12-3-2-6-20-9-12/h1-7,9,11H,10H2,(H,22,24). The molecule has 24 heavy (non-hydrogen) atoms. The Morgan fingerprint density at radius 3 is 2.92 bits per heavy atom. The molecule has 0 aliphatic rings. The van der Waals surface area contributed by atoms with Crippen LogP contribution in [0.3, 0.4) is 0 Å². The average Bonchev–Trinajstić information content (AvgIpc) is 2.97. The maximum Gasteiger partial charge on any atom is 0.256 e. The molecule has 2 aromatic heterocycles. The van der Waals surface area contributed by atoms with E-state index in [2.05, 4.69) is 15.3 Å². The van der Waals surface area contributed by atoms with Gasteiger partial charge in [0.2, 0.25) is 0 Å². The van der Waals surface area contributed by atoms with Gasteiger partial charge in [-0.05, 0) is 29.8 Å². The fraction of sp³-hybridized carbons (Fsp3) is 0.0588. The van der Waals surface area contributed by atoms with E-state index in [0.29, 0.717) is 6.54 Å². The van der Waals surface area contributed by atoms with Gasteiger partial charge in [0.15, 0.2) is 11.5 Å². The van der Waals surface area contributed by atoms with Gasteiger partial charge in [0.1, 0.15) is 11.9 Å². The smallest absolute Gasteiger partial charge is 0.256 e. The van der Waals surface area contributed by atoms with Crippen LogP contribution in [0.1, 0.15) is 21.6 Å². The lowest BCUT2D eigenvalue weighted by atomic mass is 10.2. The molecule has 118 valence electrons. The Morgan fingerprint density at radius 1 is 1.33 bits per heavy atom. The van der Waals surface area contributed by atoms with Crippen molar-refractivity contribution < 1.29 is 9.18 Å². The van der Waals surface area contributed by atoms with Gasteiger partial charge in [-0.2, -0.15) is 5.26 Å². The largest absolute Gasteiger partial charge is 0.316 e. The molecule has 0 aliphatic heterocycles. The molecule has 0 spiro atoms. The Bertz CT molecular complexity index is 914. The molecule has 0 saturated heterocycles. The Kier molecular flexibility index (Phi) is 4.29. The number of carbonyl (C=O) groups is 1. The number of nitriles is 1. The van der Waals surface area contributed by atoms with Crippen molar-refractivity contribution in [2.75, 3.05) is 5.32 Å². The molecule has 2 heterocycles. The number of hydrogen-bond acceptors (Lipinski definition) is 4. The van der Waals surface area contributed by atoms with Crippen molar-refractivity contribution in [1.82, 2.24) is 14.5 Å². The fourth-order valence-electron chi connectivity index (χ4n) is 2.21. The molecule has 0 aliphatic carbocycles. The van der Waals surface area contributed by atoms with Gasteiger partial charge in [0.05, 0.1) is 12.9 Å². The van der Waals surface area contributed by atoms with Crippen LogP contribution in [0.25, 0.3) is 0 Å². The molecule has 6 nitrogen and oxygen atoms in total. The van der Waals surface area contributed by atoms with Gasteiger partial charge in [-0.3, -0.25) is 9.78 Å². The number of pyridine rings is 1. The van der Waals surface area contributed by atoms with Crippen molar-refractivity contribution in [1.29, 1.82) is 5.26 Å². The molecule has 0 unspecified atom stereocenters. The van der Waals surface area contributed by atoms with Crippen molar-refractivity contribution in [3.8, 4) is 6.07 Å². The zero-order chi connectivity index (χ0) is 16.9. The van der Waals surface area contributed by atoms with Crippen LogP contribution in [0.15, 0.2) is 55.1 Å². The van der Waals surface area contributed by atoms with E-state index in [9.17, 15) is 14.4 Å². The SMILES string of the molecule is N#Cc1c(NC(=O)c2cccc(F)c2)ncn1Cc1cccnc1. The summed E-state index contributed by atoms with van der Waals surface area (Å²) in [5.74, 6) is -0.904. The van der Waals surface area contributed by atoms with Crippen molar-refractivity contribution in [3.63, 3.8) is 0 Å². The summed E-state index contributed by atoms with van der Waals surface area (Å²) in [6, 6.07) is 11.0. The predicted octanol–water partition coefficient (Wildman–Crippen LogP) is 2.59. The van der Waals surface area contributed by atoms with Crippen LogP contribution in [0.4, 0.5) is 10.2 Å². The highest BCUT2D eigenvalue weighted by Crippen LogP contribution is 2.16. The third-order valence-corrected chi connectivity index (χ3v) is 3.34. The van der Waals surface area contributed by atoms with E-state index in [1.165, 1.54) is 24.5 Å². The summed E-state index contributed by atoms with van der Waals surface area (Å²) in [6.45, 7) is 0.402.